The molecule has 88 valence electrons. The zero-order valence-electron chi connectivity index (χ0n) is 10.2. The predicted molar refractivity (Wildman–Crippen MR) is 67.6 cm³/mol. The van der Waals surface area contributed by atoms with Gasteiger partial charge in [0.1, 0.15) is 5.82 Å². The molecule has 3 N–H and O–H groups in total. The molecule has 0 aromatic carbocycles. The second kappa shape index (κ2) is 4.83. The summed E-state index contributed by atoms with van der Waals surface area (Å²) in [7, 11) is 0. The molecule has 3 heteroatoms. The van der Waals surface area contributed by atoms with Gasteiger partial charge in [0.05, 0.1) is 0 Å². The summed E-state index contributed by atoms with van der Waals surface area (Å²) < 4.78 is 0. The fourth-order valence-corrected chi connectivity index (χ4v) is 1.98. The summed E-state index contributed by atoms with van der Waals surface area (Å²) in [5, 5.41) is 3.32. The Labute approximate surface area is 97.5 Å². The Bertz CT molecular complexity index is 360. The van der Waals surface area contributed by atoms with E-state index in [0.29, 0.717) is 5.92 Å². The SMILES string of the molecule is CC(C)C(N)CNc1ccc2c(n1)CCC2. The number of nitrogens with two attached hydrogens (primary N) is 1. The van der Waals surface area contributed by atoms with Gasteiger partial charge in [-0.2, -0.15) is 0 Å². The number of aryl methyl sites for hydroxylation is 2. The molecule has 1 atom stereocenters. The molecule has 0 radical (unpaired) electrons. The largest absolute Gasteiger partial charge is 0.368 e. The van der Waals surface area contributed by atoms with Gasteiger partial charge in [0.2, 0.25) is 0 Å². The quantitative estimate of drug-likeness (QED) is 0.814. The van der Waals surface area contributed by atoms with E-state index in [0.717, 1.165) is 18.8 Å². The Kier molecular flexibility index (Phi) is 3.44. The molecule has 3 nitrogen and oxygen atoms in total. The van der Waals surface area contributed by atoms with Crippen molar-refractivity contribution < 1.29 is 0 Å². The third-order valence-corrected chi connectivity index (χ3v) is 3.30. The van der Waals surface area contributed by atoms with Crippen molar-refractivity contribution in [2.75, 3.05) is 11.9 Å². The predicted octanol–water partition coefficient (Wildman–Crippen LogP) is 1.97. The highest BCUT2D eigenvalue weighted by Gasteiger charge is 2.13. The number of rotatable bonds is 4. The zero-order chi connectivity index (χ0) is 11.5. The van der Waals surface area contributed by atoms with Crippen molar-refractivity contribution in [2.45, 2.75) is 39.2 Å². The fraction of sp³-hybridized carbons (Fsp3) is 0.615. The van der Waals surface area contributed by atoms with Crippen molar-refractivity contribution in [2.24, 2.45) is 11.7 Å². The van der Waals surface area contributed by atoms with Crippen LogP contribution in [0, 0.1) is 5.92 Å². The number of hydrogen-bond acceptors (Lipinski definition) is 3. The lowest BCUT2D eigenvalue weighted by Crippen LogP contribution is -2.34. The van der Waals surface area contributed by atoms with Crippen LogP contribution in [-0.2, 0) is 12.8 Å². The van der Waals surface area contributed by atoms with E-state index in [1.807, 2.05) is 0 Å². The maximum atomic E-state index is 5.99. The van der Waals surface area contributed by atoms with Gasteiger partial charge in [0.15, 0.2) is 0 Å². The molecule has 1 unspecified atom stereocenters. The van der Waals surface area contributed by atoms with Crippen LogP contribution in [0.2, 0.25) is 0 Å². The minimum atomic E-state index is 0.190. The highest BCUT2D eigenvalue weighted by atomic mass is 15.0. The third-order valence-electron chi connectivity index (χ3n) is 3.30. The van der Waals surface area contributed by atoms with Gasteiger partial charge in [-0.1, -0.05) is 19.9 Å². The molecular weight excluding hydrogens is 198 g/mol. The van der Waals surface area contributed by atoms with Gasteiger partial charge in [-0.05, 0) is 36.8 Å². The molecule has 16 heavy (non-hydrogen) atoms. The number of aromatic nitrogens is 1. The van der Waals surface area contributed by atoms with E-state index >= 15 is 0 Å². The smallest absolute Gasteiger partial charge is 0.126 e. The van der Waals surface area contributed by atoms with E-state index in [1.165, 1.54) is 24.1 Å². The van der Waals surface area contributed by atoms with Crippen LogP contribution in [-0.4, -0.2) is 17.6 Å². The Morgan fingerprint density at radius 1 is 1.38 bits per heavy atom. The van der Waals surface area contributed by atoms with Crippen molar-refractivity contribution in [3.63, 3.8) is 0 Å². The number of fused-ring (bicyclic) bond motifs is 1. The summed E-state index contributed by atoms with van der Waals surface area (Å²) in [6.07, 6.45) is 3.56. The molecule has 0 saturated carbocycles. The highest BCUT2D eigenvalue weighted by molar-refractivity contribution is 5.40. The third kappa shape index (κ3) is 2.53. The number of nitrogens with one attached hydrogen (secondary N) is 1. The normalized spacial score (nSPS) is 16.2. The van der Waals surface area contributed by atoms with Crippen LogP contribution in [0.1, 0.15) is 31.5 Å². The topological polar surface area (TPSA) is 50.9 Å². The molecule has 0 bridgehead atoms. The molecule has 1 heterocycles. The van der Waals surface area contributed by atoms with Crippen molar-refractivity contribution in [1.29, 1.82) is 0 Å². The molecule has 0 fully saturated rings. The molecule has 0 saturated heterocycles. The first-order chi connectivity index (χ1) is 7.66. The Morgan fingerprint density at radius 2 is 2.19 bits per heavy atom. The molecule has 1 aliphatic rings. The van der Waals surface area contributed by atoms with E-state index in [2.05, 4.69) is 36.3 Å². The first-order valence-electron chi connectivity index (χ1n) is 6.15. The van der Waals surface area contributed by atoms with Crippen molar-refractivity contribution in [1.82, 2.24) is 4.98 Å². The minimum Gasteiger partial charge on any atom is -0.368 e. The van der Waals surface area contributed by atoms with Gasteiger partial charge < -0.3 is 11.1 Å². The lowest BCUT2D eigenvalue weighted by atomic mass is 10.1. The molecule has 2 rings (SSSR count). The number of hydrogen-bond donors (Lipinski definition) is 2. The van der Waals surface area contributed by atoms with Crippen LogP contribution in [0.15, 0.2) is 12.1 Å². The summed E-state index contributed by atoms with van der Waals surface area (Å²) in [5.74, 6) is 1.47. The maximum absolute atomic E-state index is 5.99. The lowest BCUT2D eigenvalue weighted by molar-refractivity contribution is 0.511. The highest BCUT2D eigenvalue weighted by Crippen LogP contribution is 2.21. The van der Waals surface area contributed by atoms with Gasteiger partial charge >= 0.3 is 0 Å². The minimum absolute atomic E-state index is 0.190. The van der Waals surface area contributed by atoms with Crippen molar-refractivity contribution in [3.8, 4) is 0 Å². The van der Waals surface area contributed by atoms with Crippen molar-refractivity contribution >= 4 is 5.82 Å². The fourth-order valence-electron chi connectivity index (χ4n) is 1.98. The molecule has 1 aliphatic carbocycles. The van der Waals surface area contributed by atoms with Crippen LogP contribution in [0.3, 0.4) is 0 Å². The molecule has 1 aromatic heterocycles. The van der Waals surface area contributed by atoms with Crippen molar-refractivity contribution in [3.05, 3.63) is 23.4 Å². The van der Waals surface area contributed by atoms with E-state index in [4.69, 9.17) is 5.73 Å². The summed E-state index contributed by atoms with van der Waals surface area (Å²) in [6.45, 7) is 5.08. The Hall–Kier alpha value is -1.09. The average Bonchev–Trinajstić information content (AvgIpc) is 2.72. The van der Waals surface area contributed by atoms with Crippen LogP contribution >= 0.6 is 0 Å². The monoisotopic (exact) mass is 219 g/mol. The van der Waals surface area contributed by atoms with Gasteiger partial charge in [-0.3, -0.25) is 0 Å². The van der Waals surface area contributed by atoms with Crippen LogP contribution < -0.4 is 11.1 Å². The summed E-state index contributed by atoms with van der Waals surface area (Å²) >= 11 is 0. The van der Waals surface area contributed by atoms with Gasteiger partial charge in [-0.15, -0.1) is 0 Å². The van der Waals surface area contributed by atoms with Gasteiger partial charge in [-0.25, -0.2) is 4.98 Å². The summed E-state index contributed by atoms with van der Waals surface area (Å²) in [6, 6.07) is 4.45. The molecular formula is C13H21N3. The Balaban J connectivity index is 1.95. The van der Waals surface area contributed by atoms with Crippen LogP contribution in [0.4, 0.5) is 5.82 Å². The number of anilines is 1. The average molecular weight is 219 g/mol. The van der Waals surface area contributed by atoms with E-state index in [9.17, 15) is 0 Å². The summed E-state index contributed by atoms with van der Waals surface area (Å²) in [4.78, 5) is 4.62. The molecule has 1 aromatic rings. The number of pyridine rings is 1. The molecule has 0 aliphatic heterocycles. The van der Waals surface area contributed by atoms with E-state index in [1.54, 1.807) is 0 Å². The number of nitrogens with zero attached hydrogens (tertiary/aromatic N) is 1. The second-order valence-electron chi connectivity index (χ2n) is 4.94. The second-order valence-corrected chi connectivity index (χ2v) is 4.94. The van der Waals surface area contributed by atoms with Crippen LogP contribution in [0.5, 0.6) is 0 Å². The van der Waals surface area contributed by atoms with E-state index < -0.39 is 0 Å². The standard InChI is InChI=1S/C13H21N3/c1-9(2)11(14)8-15-13-7-6-10-4-3-5-12(10)16-13/h6-7,9,11H,3-5,8,14H2,1-2H3,(H,15,16). The van der Waals surface area contributed by atoms with E-state index in [-0.39, 0.29) is 6.04 Å². The Morgan fingerprint density at radius 3 is 2.94 bits per heavy atom. The maximum Gasteiger partial charge on any atom is 0.126 e. The van der Waals surface area contributed by atoms with Gasteiger partial charge in [0.25, 0.3) is 0 Å². The zero-order valence-corrected chi connectivity index (χ0v) is 10.2. The first-order valence-corrected chi connectivity index (χ1v) is 6.15. The van der Waals surface area contributed by atoms with Crippen LogP contribution in [0.25, 0.3) is 0 Å². The first kappa shape index (κ1) is 11.4. The molecule has 0 spiro atoms. The summed E-state index contributed by atoms with van der Waals surface area (Å²) in [5.41, 5.74) is 8.67. The molecule has 0 amide bonds. The lowest BCUT2D eigenvalue weighted by Gasteiger charge is -2.16. The van der Waals surface area contributed by atoms with Gasteiger partial charge in [0, 0.05) is 18.3 Å².